The molecule has 1 saturated heterocycles. The van der Waals surface area contributed by atoms with Crippen LogP contribution < -0.4 is 0 Å². The van der Waals surface area contributed by atoms with Gasteiger partial charge in [-0.05, 0) is 26.3 Å². The zero-order valence-electron chi connectivity index (χ0n) is 13.8. The van der Waals surface area contributed by atoms with Crippen LogP contribution >= 0.6 is 11.5 Å². The molecule has 1 aliphatic heterocycles. The van der Waals surface area contributed by atoms with Gasteiger partial charge in [0.2, 0.25) is 0 Å². The molecule has 7 nitrogen and oxygen atoms in total. The highest BCUT2D eigenvalue weighted by Crippen LogP contribution is 2.32. The molecule has 2 aromatic heterocycles. The van der Waals surface area contributed by atoms with Gasteiger partial charge in [-0.3, -0.25) is 4.90 Å². The van der Waals surface area contributed by atoms with Crippen LogP contribution in [0, 0.1) is 6.92 Å². The van der Waals surface area contributed by atoms with E-state index in [9.17, 15) is 8.42 Å². The first-order valence-corrected chi connectivity index (χ1v) is 10.5. The summed E-state index contributed by atoms with van der Waals surface area (Å²) >= 11 is 0.972. The number of likely N-dealkylation sites (tertiary alicyclic amines) is 1. The minimum Gasteiger partial charge on any atom is -0.298 e. The maximum Gasteiger partial charge on any atom is 0.188 e. The molecule has 2 aromatic rings. The van der Waals surface area contributed by atoms with Gasteiger partial charge in [0.05, 0.1) is 11.4 Å². The summed E-state index contributed by atoms with van der Waals surface area (Å²) in [6.07, 6.45) is 6.84. The number of hydrogen-bond acceptors (Lipinski definition) is 7. The van der Waals surface area contributed by atoms with E-state index in [-0.39, 0.29) is 5.92 Å². The number of sulfone groups is 1. The van der Waals surface area contributed by atoms with E-state index in [1.807, 2.05) is 13.1 Å². The number of hydrogen-bond donors (Lipinski definition) is 0. The number of piperidine rings is 1. The van der Waals surface area contributed by atoms with Crippen molar-refractivity contribution < 1.29 is 8.42 Å². The Morgan fingerprint density at radius 2 is 2.29 bits per heavy atom. The van der Waals surface area contributed by atoms with Crippen LogP contribution in [0.3, 0.4) is 0 Å². The predicted molar refractivity (Wildman–Crippen MR) is 93.6 cm³/mol. The predicted octanol–water partition coefficient (Wildman–Crippen LogP) is 1.93. The van der Waals surface area contributed by atoms with Crippen LogP contribution in [0.15, 0.2) is 17.0 Å². The number of aromatic nitrogens is 4. The van der Waals surface area contributed by atoms with Crippen molar-refractivity contribution in [3.63, 3.8) is 0 Å². The van der Waals surface area contributed by atoms with Gasteiger partial charge in [-0.25, -0.2) is 13.1 Å². The Morgan fingerprint density at radius 1 is 1.50 bits per heavy atom. The Hall–Kier alpha value is -1.58. The molecule has 0 bridgehead atoms. The van der Waals surface area contributed by atoms with Crippen LogP contribution in [-0.4, -0.2) is 52.0 Å². The lowest BCUT2D eigenvalue weighted by molar-refractivity contribution is 0.197. The van der Waals surface area contributed by atoms with Crippen molar-refractivity contribution in [3.8, 4) is 0 Å². The van der Waals surface area contributed by atoms with Gasteiger partial charge in [-0.15, -0.1) is 5.10 Å². The fraction of sp³-hybridized carbons (Fsp3) is 0.533. The van der Waals surface area contributed by atoms with E-state index in [0.717, 1.165) is 55.3 Å². The van der Waals surface area contributed by atoms with E-state index in [1.54, 1.807) is 10.9 Å². The van der Waals surface area contributed by atoms with E-state index in [1.165, 1.54) is 6.26 Å². The molecule has 1 aliphatic rings. The molecule has 1 fully saturated rings. The largest absolute Gasteiger partial charge is 0.298 e. The molecule has 0 N–H and O–H groups in total. The maximum atomic E-state index is 11.9. The fourth-order valence-corrected chi connectivity index (χ4v) is 4.86. The van der Waals surface area contributed by atoms with E-state index in [2.05, 4.69) is 26.2 Å². The second kappa shape index (κ2) is 6.73. The molecule has 0 aliphatic carbocycles. The van der Waals surface area contributed by atoms with Crippen LogP contribution in [0.5, 0.6) is 0 Å². The van der Waals surface area contributed by atoms with E-state index in [4.69, 9.17) is 0 Å². The van der Waals surface area contributed by atoms with Crippen molar-refractivity contribution in [1.82, 2.24) is 24.3 Å². The lowest BCUT2D eigenvalue weighted by Gasteiger charge is -2.31. The van der Waals surface area contributed by atoms with Gasteiger partial charge in [0.25, 0.3) is 0 Å². The van der Waals surface area contributed by atoms with Gasteiger partial charge in [-0.2, -0.15) is 5.10 Å². The molecule has 130 valence electrons. The third-order valence-electron chi connectivity index (χ3n) is 4.31. The third kappa shape index (κ3) is 3.57. The van der Waals surface area contributed by atoms with E-state index >= 15 is 0 Å². The van der Waals surface area contributed by atoms with Crippen molar-refractivity contribution in [2.24, 2.45) is 0 Å². The summed E-state index contributed by atoms with van der Waals surface area (Å²) in [5.41, 5.74) is 2.78. The minimum atomic E-state index is -3.27. The average molecular weight is 368 g/mol. The first kappa shape index (κ1) is 17.2. The SMILES string of the molecule is C=Cn1cc(CN2CCC[C@@H](c3nnsc3S(C)(=O)=O)C2)c(C)n1. The summed E-state index contributed by atoms with van der Waals surface area (Å²) in [4.78, 5) is 2.33. The third-order valence-corrected chi connectivity index (χ3v) is 6.86. The van der Waals surface area contributed by atoms with Gasteiger partial charge in [-0.1, -0.05) is 11.1 Å². The first-order chi connectivity index (χ1) is 11.4. The van der Waals surface area contributed by atoms with Gasteiger partial charge < -0.3 is 0 Å². The standard InChI is InChI=1S/C15H21N5O2S2/c1-4-20-10-13(11(2)17-20)9-19-7-5-6-12(8-19)14-15(23-18-16-14)24(3,21)22/h4,10,12H,1,5-9H2,2-3H3/t12-/m1/s1. The van der Waals surface area contributed by atoms with Crippen LogP contribution in [0.1, 0.15) is 35.7 Å². The zero-order valence-corrected chi connectivity index (χ0v) is 15.5. The quantitative estimate of drug-likeness (QED) is 0.803. The highest BCUT2D eigenvalue weighted by Gasteiger charge is 2.29. The summed E-state index contributed by atoms with van der Waals surface area (Å²) in [6.45, 7) is 8.28. The molecule has 0 aromatic carbocycles. The maximum absolute atomic E-state index is 11.9. The number of nitrogens with zero attached hydrogens (tertiary/aromatic N) is 5. The Kier molecular flexibility index (Phi) is 4.84. The highest BCUT2D eigenvalue weighted by molar-refractivity contribution is 7.92. The number of aryl methyl sites for hydroxylation is 1. The molecule has 0 radical (unpaired) electrons. The van der Waals surface area contributed by atoms with Crippen LogP contribution in [-0.2, 0) is 16.4 Å². The molecule has 0 saturated carbocycles. The van der Waals surface area contributed by atoms with Gasteiger partial charge in [0.15, 0.2) is 14.0 Å². The van der Waals surface area contributed by atoms with Crippen LogP contribution in [0.4, 0.5) is 0 Å². The minimum absolute atomic E-state index is 0.108. The van der Waals surface area contributed by atoms with Crippen LogP contribution in [0.2, 0.25) is 0 Å². The molecule has 0 unspecified atom stereocenters. The molecule has 1 atom stereocenters. The summed E-state index contributed by atoms with van der Waals surface area (Å²) < 4.78 is 29.7. The van der Waals surface area contributed by atoms with Crippen molar-refractivity contribution in [2.75, 3.05) is 19.3 Å². The van der Waals surface area contributed by atoms with Gasteiger partial charge >= 0.3 is 0 Å². The summed E-state index contributed by atoms with van der Waals surface area (Å²) in [5, 5.41) is 8.50. The fourth-order valence-electron chi connectivity index (χ4n) is 3.13. The Balaban J connectivity index is 1.76. The lowest BCUT2D eigenvalue weighted by Crippen LogP contribution is -2.34. The second-order valence-corrected chi connectivity index (χ2v) is 9.16. The van der Waals surface area contributed by atoms with E-state index < -0.39 is 9.84 Å². The summed E-state index contributed by atoms with van der Waals surface area (Å²) in [6, 6.07) is 0. The molecule has 3 heterocycles. The Morgan fingerprint density at radius 3 is 2.96 bits per heavy atom. The monoisotopic (exact) mass is 367 g/mol. The molecular weight excluding hydrogens is 346 g/mol. The van der Waals surface area contributed by atoms with Crippen LogP contribution in [0.25, 0.3) is 6.20 Å². The molecule has 9 heteroatoms. The molecule has 3 rings (SSSR count). The van der Waals surface area contributed by atoms with Crippen molar-refractivity contribution in [1.29, 1.82) is 0 Å². The van der Waals surface area contributed by atoms with E-state index in [0.29, 0.717) is 9.90 Å². The van der Waals surface area contributed by atoms with Crippen molar-refractivity contribution >= 4 is 27.6 Å². The summed E-state index contributed by atoms with van der Waals surface area (Å²) in [7, 11) is -3.27. The second-order valence-electron chi connectivity index (χ2n) is 6.19. The molecular formula is C15H21N5O2S2. The van der Waals surface area contributed by atoms with Crippen molar-refractivity contribution in [3.05, 3.63) is 29.7 Å². The van der Waals surface area contributed by atoms with Gasteiger partial charge in [0.1, 0.15) is 0 Å². The Labute approximate surface area is 146 Å². The van der Waals surface area contributed by atoms with Gasteiger partial charge in [0, 0.05) is 54.8 Å². The molecule has 24 heavy (non-hydrogen) atoms. The zero-order chi connectivity index (χ0) is 17.3. The Bertz CT molecular complexity index is 840. The molecule has 0 spiro atoms. The summed E-state index contributed by atoms with van der Waals surface area (Å²) in [5.74, 6) is 0.108. The average Bonchev–Trinajstić information content (AvgIpc) is 3.15. The lowest BCUT2D eigenvalue weighted by atomic mass is 9.95. The smallest absolute Gasteiger partial charge is 0.188 e. The molecule has 0 amide bonds. The number of rotatable bonds is 5. The highest BCUT2D eigenvalue weighted by atomic mass is 32.2. The first-order valence-electron chi connectivity index (χ1n) is 7.80. The normalized spacial score (nSPS) is 19.5. The topological polar surface area (TPSA) is 81.0 Å². The van der Waals surface area contributed by atoms with Crippen molar-refractivity contribution in [2.45, 2.75) is 36.4 Å².